The van der Waals surface area contributed by atoms with E-state index < -0.39 is 5.79 Å². The van der Waals surface area contributed by atoms with Gasteiger partial charge >= 0.3 is 0 Å². The minimum absolute atomic E-state index is 0.165. The molecule has 0 heterocycles. The van der Waals surface area contributed by atoms with Gasteiger partial charge in [-0.3, -0.25) is 4.79 Å². The average Bonchev–Trinajstić information content (AvgIpc) is 3.12. The zero-order valence-corrected chi connectivity index (χ0v) is 20.3. The molecule has 0 amide bonds. The van der Waals surface area contributed by atoms with Crippen LogP contribution in [0.1, 0.15) is 83.3 Å². The first-order chi connectivity index (χ1) is 15.1. The molecule has 0 radical (unpaired) electrons. The van der Waals surface area contributed by atoms with Crippen LogP contribution in [0.2, 0.25) is 0 Å². The second-order valence-electron chi connectivity index (χ2n) is 11.9. The number of rotatable bonds is 4. The molecule has 0 bridgehead atoms. The Labute approximate surface area is 193 Å². The van der Waals surface area contributed by atoms with Gasteiger partial charge in [-0.05, 0) is 86.5 Å². The third-order valence-electron chi connectivity index (χ3n) is 10.2. The molecule has 0 aliphatic heterocycles. The molecule has 3 saturated carbocycles. The molecular formula is C29H40O3. The number of Topliss-reactive ketones (excluding diaryl/α,β-unsaturated/α-hetero) is 1. The van der Waals surface area contributed by atoms with Crippen molar-refractivity contribution in [1.82, 2.24) is 0 Å². The lowest BCUT2D eigenvalue weighted by Crippen LogP contribution is -2.52. The van der Waals surface area contributed by atoms with E-state index in [1.807, 2.05) is 6.92 Å². The molecule has 0 saturated heterocycles. The summed E-state index contributed by atoms with van der Waals surface area (Å²) in [7, 11) is 0. The van der Waals surface area contributed by atoms with Crippen molar-refractivity contribution in [2.24, 2.45) is 34.5 Å². The van der Waals surface area contributed by atoms with Crippen molar-refractivity contribution < 1.29 is 14.6 Å². The Morgan fingerprint density at radius 2 is 1.81 bits per heavy atom. The quantitative estimate of drug-likeness (QED) is 0.441. The largest absolute Gasteiger partial charge is 0.365 e. The predicted molar refractivity (Wildman–Crippen MR) is 127 cm³/mol. The van der Waals surface area contributed by atoms with Gasteiger partial charge in [-0.25, -0.2) is 0 Å². The molecule has 0 aromatic heterocycles. The van der Waals surface area contributed by atoms with Crippen LogP contribution in [-0.4, -0.2) is 16.7 Å². The highest BCUT2D eigenvalue weighted by molar-refractivity contribution is 5.79. The van der Waals surface area contributed by atoms with E-state index in [1.54, 1.807) is 0 Å². The lowest BCUT2D eigenvalue weighted by Gasteiger charge is -2.58. The molecule has 174 valence electrons. The van der Waals surface area contributed by atoms with Crippen LogP contribution in [0.4, 0.5) is 0 Å². The summed E-state index contributed by atoms with van der Waals surface area (Å²) in [4.78, 5) is 12.4. The number of fused-ring (bicyclic) bond motifs is 5. The molecule has 3 fully saturated rings. The van der Waals surface area contributed by atoms with Crippen LogP contribution in [0.15, 0.2) is 35.9 Å². The maximum absolute atomic E-state index is 12.4. The highest BCUT2D eigenvalue weighted by Gasteiger charge is 2.60. The normalized spacial score (nSPS) is 43.1. The minimum atomic E-state index is -1.06. The van der Waals surface area contributed by atoms with Gasteiger partial charge in [0.15, 0.2) is 5.79 Å². The summed E-state index contributed by atoms with van der Waals surface area (Å²) in [5, 5.41) is 11.3. The number of aliphatic hydroxyl groups is 1. The van der Waals surface area contributed by atoms with E-state index in [2.05, 4.69) is 51.1 Å². The molecule has 32 heavy (non-hydrogen) atoms. The van der Waals surface area contributed by atoms with Crippen molar-refractivity contribution in [3.05, 3.63) is 47.0 Å². The van der Waals surface area contributed by atoms with Crippen LogP contribution in [0, 0.1) is 41.4 Å². The predicted octanol–water partition coefficient (Wildman–Crippen LogP) is 6.37. The van der Waals surface area contributed by atoms with Crippen LogP contribution >= 0.6 is 0 Å². The number of carbonyl (C=O) groups is 1. The number of carbonyl (C=O) groups excluding carboxylic acids is 1. The molecule has 4 aliphatic carbocycles. The maximum atomic E-state index is 12.4. The van der Waals surface area contributed by atoms with Gasteiger partial charge in [-0.1, -0.05) is 55.3 Å². The molecule has 0 spiro atoms. The second kappa shape index (κ2) is 7.81. The molecule has 1 aromatic rings. The average molecular weight is 437 g/mol. The Kier molecular flexibility index (Phi) is 5.45. The molecule has 0 unspecified atom stereocenters. The summed E-state index contributed by atoms with van der Waals surface area (Å²) in [6.07, 6.45) is 10.6. The lowest BCUT2D eigenvalue weighted by molar-refractivity contribution is -0.231. The Morgan fingerprint density at radius 3 is 2.53 bits per heavy atom. The van der Waals surface area contributed by atoms with E-state index >= 15 is 0 Å². The molecule has 7 atom stereocenters. The number of allylic oxidation sites excluding steroid dienone is 1. The summed E-state index contributed by atoms with van der Waals surface area (Å²) in [6.45, 7) is 9.22. The summed E-state index contributed by atoms with van der Waals surface area (Å²) in [5.74, 6) is 1.64. The van der Waals surface area contributed by atoms with Crippen LogP contribution in [0.5, 0.6) is 0 Å². The van der Waals surface area contributed by atoms with Crippen molar-refractivity contribution in [2.45, 2.75) is 91.5 Å². The first kappa shape index (κ1) is 22.3. The van der Waals surface area contributed by atoms with Gasteiger partial charge in [-0.15, -0.1) is 0 Å². The molecule has 3 heteroatoms. The second-order valence-corrected chi connectivity index (χ2v) is 11.9. The smallest absolute Gasteiger partial charge is 0.169 e. The monoisotopic (exact) mass is 436 g/mol. The summed E-state index contributed by atoms with van der Waals surface area (Å²) < 4.78 is 6.13. The molecule has 4 aliphatic rings. The highest BCUT2D eigenvalue weighted by atomic mass is 16.6. The fraction of sp³-hybridized carbons (Fsp3) is 0.690. The summed E-state index contributed by atoms with van der Waals surface area (Å²) >= 11 is 0. The van der Waals surface area contributed by atoms with Gasteiger partial charge < -0.3 is 9.84 Å². The lowest BCUT2D eigenvalue weighted by atomic mass is 9.47. The number of ketones is 1. The Hall–Kier alpha value is -1.45. The topological polar surface area (TPSA) is 46.5 Å². The van der Waals surface area contributed by atoms with Crippen LogP contribution < -0.4 is 0 Å². The fourth-order valence-corrected chi connectivity index (χ4v) is 8.31. The Bertz CT molecular complexity index is 917. The number of ether oxygens (including phenoxy) is 1. The van der Waals surface area contributed by atoms with Gasteiger partial charge in [0.1, 0.15) is 5.78 Å². The Morgan fingerprint density at radius 1 is 1.06 bits per heavy atom. The SMILES string of the molecule is CC(=O)[C@H]1CC[C@H]2[C@@H]3CC=C4C[C@](O)(OCc5ccc(C)cc5)CC[C@]4(C)[C@H]3CC[C@]12C. The van der Waals surface area contributed by atoms with Crippen molar-refractivity contribution in [1.29, 1.82) is 0 Å². The first-order valence-electron chi connectivity index (χ1n) is 12.8. The number of hydrogen-bond acceptors (Lipinski definition) is 3. The highest BCUT2D eigenvalue weighted by Crippen LogP contribution is 2.66. The number of benzene rings is 1. The minimum Gasteiger partial charge on any atom is -0.365 e. The summed E-state index contributed by atoms with van der Waals surface area (Å²) in [5.41, 5.74) is 4.13. The number of hydrogen-bond donors (Lipinski definition) is 1. The third-order valence-corrected chi connectivity index (χ3v) is 10.2. The molecule has 1 N–H and O–H groups in total. The van der Waals surface area contributed by atoms with E-state index in [9.17, 15) is 9.90 Å². The van der Waals surface area contributed by atoms with E-state index in [0.29, 0.717) is 43.0 Å². The Balaban J connectivity index is 1.32. The van der Waals surface area contributed by atoms with Gasteiger partial charge in [0.2, 0.25) is 0 Å². The van der Waals surface area contributed by atoms with Gasteiger partial charge in [0, 0.05) is 18.8 Å². The van der Waals surface area contributed by atoms with Gasteiger partial charge in [0.25, 0.3) is 0 Å². The van der Waals surface area contributed by atoms with Gasteiger partial charge in [0.05, 0.1) is 6.61 Å². The number of aryl methyl sites for hydroxylation is 1. The standard InChI is InChI=1S/C29H40O3/c1-19-5-7-21(8-6-19)18-32-29(31)16-15-27(3)22(17-29)9-10-23-25-12-11-24(20(2)30)28(25,4)14-13-26(23)27/h5-9,23-26,31H,10-18H2,1-4H3/t23-,24+,25-,26-,27-,28+,29+/m0/s1. The van der Waals surface area contributed by atoms with Crippen molar-refractivity contribution >= 4 is 5.78 Å². The van der Waals surface area contributed by atoms with Crippen LogP contribution in [-0.2, 0) is 16.1 Å². The molecule has 1 aromatic carbocycles. The maximum Gasteiger partial charge on any atom is 0.169 e. The van der Waals surface area contributed by atoms with Gasteiger partial charge in [-0.2, -0.15) is 0 Å². The van der Waals surface area contributed by atoms with E-state index in [0.717, 1.165) is 24.8 Å². The van der Waals surface area contributed by atoms with E-state index in [-0.39, 0.29) is 16.7 Å². The molecule has 3 nitrogen and oxygen atoms in total. The van der Waals surface area contributed by atoms with Crippen LogP contribution in [0.3, 0.4) is 0 Å². The van der Waals surface area contributed by atoms with E-state index in [1.165, 1.54) is 30.4 Å². The molecular weight excluding hydrogens is 396 g/mol. The molecule has 5 rings (SSSR count). The van der Waals surface area contributed by atoms with Crippen molar-refractivity contribution in [2.75, 3.05) is 0 Å². The zero-order chi connectivity index (χ0) is 22.7. The zero-order valence-electron chi connectivity index (χ0n) is 20.3. The van der Waals surface area contributed by atoms with Crippen molar-refractivity contribution in [3.63, 3.8) is 0 Å². The van der Waals surface area contributed by atoms with E-state index in [4.69, 9.17) is 4.74 Å². The summed E-state index contributed by atoms with van der Waals surface area (Å²) in [6, 6.07) is 8.37. The van der Waals surface area contributed by atoms with Crippen LogP contribution in [0.25, 0.3) is 0 Å². The fourth-order valence-electron chi connectivity index (χ4n) is 8.31. The third kappa shape index (κ3) is 3.51. The first-order valence-corrected chi connectivity index (χ1v) is 12.8. The van der Waals surface area contributed by atoms with Crippen molar-refractivity contribution in [3.8, 4) is 0 Å².